The Morgan fingerprint density at radius 1 is 1.48 bits per heavy atom. The summed E-state index contributed by atoms with van der Waals surface area (Å²) < 4.78 is 1.72. The Labute approximate surface area is 140 Å². The summed E-state index contributed by atoms with van der Waals surface area (Å²) in [6.07, 6.45) is 3.87. The van der Waals surface area contributed by atoms with E-state index in [0.29, 0.717) is 5.52 Å². The predicted octanol–water partition coefficient (Wildman–Crippen LogP) is 2.26. The Balaban J connectivity index is 1.90. The summed E-state index contributed by atoms with van der Waals surface area (Å²) in [5.74, 6) is -0.0867. The number of thiazole rings is 1. The minimum absolute atomic E-state index is 0.0867. The van der Waals surface area contributed by atoms with Gasteiger partial charge in [-0.2, -0.15) is 4.73 Å². The first-order valence-corrected chi connectivity index (χ1v) is 8.87. The SMILES string of the molecule is CC(=O)Nc1sc2c(c1-c1nc3c[n+]([O-])ccc3s1)CCNC2. The van der Waals surface area contributed by atoms with Gasteiger partial charge in [0, 0.05) is 30.0 Å². The molecule has 6 nitrogen and oxygen atoms in total. The van der Waals surface area contributed by atoms with Crippen LogP contribution in [0.1, 0.15) is 17.4 Å². The van der Waals surface area contributed by atoms with Crippen LogP contribution < -0.4 is 15.4 Å². The van der Waals surface area contributed by atoms with E-state index >= 15 is 0 Å². The fourth-order valence-corrected chi connectivity index (χ4v) is 5.12. The number of rotatable bonds is 2. The molecule has 0 bridgehead atoms. The predicted molar refractivity (Wildman–Crippen MR) is 91.6 cm³/mol. The van der Waals surface area contributed by atoms with Gasteiger partial charge in [0.2, 0.25) is 12.1 Å². The third kappa shape index (κ3) is 2.58. The molecule has 8 heteroatoms. The second-order valence-corrected chi connectivity index (χ2v) is 7.52. The van der Waals surface area contributed by atoms with Gasteiger partial charge in [-0.1, -0.05) is 0 Å². The Kier molecular flexibility index (Phi) is 3.51. The van der Waals surface area contributed by atoms with Crippen LogP contribution in [0.5, 0.6) is 0 Å². The van der Waals surface area contributed by atoms with Crippen LogP contribution in [-0.4, -0.2) is 17.4 Å². The van der Waals surface area contributed by atoms with Crippen molar-refractivity contribution >= 4 is 43.8 Å². The number of hydrogen-bond acceptors (Lipinski definition) is 6. The average molecular weight is 346 g/mol. The molecule has 2 N–H and O–H groups in total. The van der Waals surface area contributed by atoms with Gasteiger partial charge in [0.05, 0.1) is 4.70 Å². The van der Waals surface area contributed by atoms with Crippen LogP contribution in [0, 0.1) is 5.21 Å². The quantitative estimate of drug-likeness (QED) is 0.551. The van der Waals surface area contributed by atoms with Gasteiger partial charge in [-0.25, -0.2) is 4.98 Å². The Morgan fingerprint density at radius 2 is 2.35 bits per heavy atom. The molecule has 0 saturated carbocycles. The van der Waals surface area contributed by atoms with E-state index in [4.69, 9.17) is 0 Å². The summed E-state index contributed by atoms with van der Waals surface area (Å²) in [5, 5.41) is 19.4. The average Bonchev–Trinajstić information content (AvgIpc) is 3.05. The van der Waals surface area contributed by atoms with Crippen LogP contribution in [0.25, 0.3) is 20.8 Å². The molecule has 118 valence electrons. The fourth-order valence-electron chi connectivity index (χ4n) is 2.78. The van der Waals surface area contributed by atoms with Crippen LogP contribution >= 0.6 is 22.7 Å². The highest BCUT2D eigenvalue weighted by Gasteiger charge is 2.24. The molecule has 23 heavy (non-hydrogen) atoms. The van der Waals surface area contributed by atoms with E-state index in [1.807, 2.05) is 0 Å². The Bertz CT molecular complexity index is 916. The zero-order valence-corrected chi connectivity index (χ0v) is 14.0. The van der Waals surface area contributed by atoms with Crippen LogP contribution in [0.3, 0.4) is 0 Å². The van der Waals surface area contributed by atoms with E-state index < -0.39 is 0 Å². The van der Waals surface area contributed by atoms with Crippen molar-refractivity contribution in [1.29, 1.82) is 0 Å². The first-order chi connectivity index (χ1) is 11.1. The topological polar surface area (TPSA) is 81.0 Å². The second-order valence-electron chi connectivity index (χ2n) is 5.39. The van der Waals surface area contributed by atoms with Crippen molar-refractivity contribution < 1.29 is 9.52 Å². The van der Waals surface area contributed by atoms with Crippen molar-refractivity contribution in [2.24, 2.45) is 0 Å². The maximum absolute atomic E-state index is 11.5. The lowest BCUT2D eigenvalue weighted by Crippen LogP contribution is -2.23. The number of nitrogens with zero attached hydrogens (tertiary/aromatic N) is 2. The van der Waals surface area contributed by atoms with Crippen molar-refractivity contribution in [2.45, 2.75) is 19.9 Å². The van der Waals surface area contributed by atoms with Crippen LogP contribution in [0.4, 0.5) is 5.00 Å². The lowest BCUT2D eigenvalue weighted by molar-refractivity contribution is -0.603. The van der Waals surface area contributed by atoms with E-state index in [1.165, 1.54) is 29.8 Å². The van der Waals surface area contributed by atoms with Gasteiger partial charge in [0.15, 0.2) is 6.20 Å². The van der Waals surface area contributed by atoms with Gasteiger partial charge in [0.1, 0.15) is 15.5 Å². The maximum Gasteiger partial charge on any atom is 0.221 e. The number of amides is 1. The number of thiophene rings is 1. The number of anilines is 1. The molecule has 0 radical (unpaired) electrons. The highest BCUT2D eigenvalue weighted by Crippen LogP contribution is 2.44. The number of fused-ring (bicyclic) bond motifs is 2. The van der Waals surface area contributed by atoms with Gasteiger partial charge >= 0.3 is 0 Å². The molecule has 1 aliphatic heterocycles. The zero-order valence-electron chi connectivity index (χ0n) is 12.4. The minimum atomic E-state index is -0.0867. The number of carbonyl (C=O) groups is 1. The lowest BCUT2D eigenvalue weighted by Gasteiger charge is -2.13. The van der Waals surface area contributed by atoms with Crippen LogP contribution in [0.15, 0.2) is 18.5 Å². The third-order valence-electron chi connectivity index (χ3n) is 3.73. The molecule has 1 amide bonds. The van der Waals surface area contributed by atoms with Crippen LogP contribution in [-0.2, 0) is 17.8 Å². The van der Waals surface area contributed by atoms with Crippen molar-refractivity contribution in [1.82, 2.24) is 10.3 Å². The summed E-state index contributed by atoms with van der Waals surface area (Å²) in [6.45, 7) is 3.25. The molecule has 3 aromatic heterocycles. The molecule has 0 unspecified atom stereocenters. The number of aromatic nitrogens is 2. The summed E-state index contributed by atoms with van der Waals surface area (Å²) in [5.41, 5.74) is 2.96. The second kappa shape index (κ2) is 5.55. The number of carbonyl (C=O) groups excluding carboxylic acids is 1. The van der Waals surface area contributed by atoms with E-state index in [-0.39, 0.29) is 5.91 Å². The lowest BCUT2D eigenvalue weighted by atomic mass is 10.0. The number of hydrogen-bond donors (Lipinski definition) is 2. The molecule has 0 aromatic carbocycles. The molecule has 4 heterocycles. The summed E-state index contributed by atoms with van der Waals surface area (Å²) in [7, 11) is 0. The maximum atomic E-state index is 11.5. The molecule has 4 rings (SSSR count). The third-order valence-corrected chi connectivity index (χ3v) is 5.94. The molecule has 0 fully saturated rings. The smallest absolute Gasteiger partial charge is 0.221 e. The molecular formula is C15H14N4O2S2. The molecule has 0 aliphatic carbocycles. The van der Waals surface area contributed by atoms with E-state index in [0.717, 1.165) is 44.5 Å². The Hall–Kier alpha value is -2.03. The first-order valence-electron chi connectivity index (χ1n) is 7.24. The molecule has 1 aliphatic rings. The van der Waals surface area contributed by atoms with Gasteiger partial charge in [-0.3, -0.25) is 4.79 Å². The van der Waals surface area contributed by atoms with E-state index in [2.05, 4.69) is 15.6 Å². The van der Waals surface area contributed by atoms with Gasteiger partial charge in [-0.15, -0.1) is 22.7 Å². The standard InChI is InChI=1S/C15H14N4O2S2/c1-8(20)17-14-13(9-2-4-16-6-12(9)23-14)15-18-10-7-19(21)5-3-11(10)22-15/h3,5,7,16H,2,4,6H2,1H3,(H,17,20). The molecule has 0 atom stereocenters. The van der Waals surface area contributed by atoms with Crippen molar-refractivity contribution in [3.63, 3.8) is 0 Å². The van der Waals surface area contributed by atoms with Crippen molar-refractivity contribution in [3.8, 4) is 10.6 Å². The molecule has 3 aromatic rings. The van der Waals surface area contributed by atoms with Gasteiger partial charge < -0.3 is 15.8 Å². The summed E-state index contributed by atoms with van der Waals surface area (Å²) in [6, 6.07) is 1.78. The molecule has 0 saturated heterocycles. The summed E-state index contributed by atoms with van der Waals surface area (Å²) >= 11 is 3.15. The van der Waals surface area contributed by atoms with E-state index in [1.54, 1.807) is 28.7 Å². The normalized spacial score (nSPS) is 14.0. The fraction of sp³-hybridized carbons (Fsp3) is 0.267. The highest BCUT2D eigenvalue weighted by atomic mass is 32.1. The number of pyridine rings is 1. The first kappa shape index (κ1) is 14.6. The zero-order chi connectivity index (χ0) is 16.0. The van der Waals surface area contributed by atoms with Crippen molar-refractivity contribution in [2.75, 3.05) is 11.9 Å². The van der Waals surface area contributed by atoms with Gasteiger partial charge in [-0.05, 0) is 18.5 Å². The number of nitrogens with one attached hydrogen (secondary N) is 2. The summed E-state index contributed by atoms with van der Waals surface area (Å²) in [4.78, 5) is 17.4. The highest BCUT2D eigenvalue weighted by molar-refractivity contribution is 7.22. The minimum Gasteiger partial charge on any atom is -0.619 e. The van der Waals surface area contributed by atoms with Gasteiger partial charge in [0.25, 0.3) is 0 Å². The van der Waals surface area contributed by atoms with Crippen molar-refractivity contribution in [3.05, 3.63) is 34.1 Å². The van der Waals surface area contributed by atoms with E-state index in [9.17, 15) is 10.0 Å². The largest absolute Gasteiger partial charge is 0.619 e. The molecule has 0 spiro atoms. The van der Waals surface area contributed by atoms with Crippen LogP contribution in [0.2, 0.25) is 0 Å². The Morgan fingerprint density at radius 3 is 3.17 bits per heavy atom. The monoisotopic (exact) mass is 346 g/mol. The molecular weight excluding hydrogens is 332 g/mol.